The molecule has 6 nitrogen and oxygen atoms in total. The van der Waals surface area contributed by atoms with E-state index in [4.69, 9.17) is 9.47 Å². The van der Waals surface area contributed by atoms with Crippen LogP contribution in [0.1, 0.15) is 0 Å². The number of hydrogen-bond acceptors (Lipinski definition) is 4. The van der Waals surface area contributed by atoms with Gasteiger partial charge in [-0.25, -0.2) is 0 Å². The summed E-state index contributed by atoms with van der Waals surface area (Å²) in [6.45, 7) is 0. The molecular formula is C46H40Br2N4O2. The molecule has 0 aliphatic carbocycles. The number of ether oxygens (including phenoxy) is 2. The Morgan fingerprint density at radius 3 is 1.11 bits per heavy atom. The van der Waals surface area contributed by atoms with Crippen LogP contribution in [0.2, 0.25) is 0 Å². The molecule has 8 aromatic rings. The summed E-state index contributed by atoms with van der Waals surface area (Å²) in [5, 5.41) is 2.35. The molecular weight excluding hydrogens is 800 g/mol. The molecule has 0 aliphatic rings. The highest BCUT2D eigenvalue weighted by atomic mass is 79.9. The maximum Gasteiger partial charge on any atom is 0.220 e. The molecule has 0 amide bonds. The Morgan fingerprint density at radius 1 is 0.407 bits per heavy atom. The van der Waals surface area contributed by atoms with Crippen molar-refractivity contribution in [3.63, 3.8) is 0 Å². The first-order valence-corrected chi connectivity index (χ1v) is 17.4. The van der Waals surface area contributed by atoms with E-state index >= 15 is 0 Å². The lowest BCUT2D eigenvalue weighted by Crippen LogP contribution is -3.00. The first-order chi connectivity index (χ1) is 25.5. The molecule has 0 fully saturated rings. The van der Waals surface area contributed by atoms with Crippen LogP contribution in [0, 0.1) is 0 Å². The fourth-order valence-electron chi connectivity index (χ4n) is 6.99. The first-order valence-electron chi connectivity index (χ1n) is 17.4. The maximum atomic E-state index is 5.36. The average Bonchev–Trinajstić information content (AvgIpc) is 3.22. The fourth-order valence-corrected chi connectivity index (χ4v) is 6.99. The minimum atomic E-state index is 0. The maximum absolute atomic E-state index is 5.36. The molecule has 0 atom stereocenters. The van der Waals surface area contributed by atoms with Crippen LogP contribution in [0.25, 0.3) is 44.3 Å². The van der Waals surface area contributed by atoms with Gasteiger partial charge in [0.2, 0.25) is 22.4 Å². The van der Waals surface area contributed by atoms with Gasteiger partial charge in [-0.05, 0) is 96.1 Å². The molecule has 54 heavy (non-hydrogen) atoms. The van der Waals surface area contributed by atoms with Crippen molar-refractivity contribution in [3.05, 3.63) is 170 Å². The van der Waals surface area contributed by atoms with Gasteiger partial charge in [-0.3, -0.25) is 0 Å². The summed E-state index contributed by atoms with van der Waals surface area (Å²) in [4.78, 5) is 4.44. The van der Waals surface area contributed by atoms with E-state index in [9.17, 15) is 0 Å². The van der Waals surface area contributed by atoms with Gasteiger partial charge in [0.25, 0.3) is 0 Å². The number of nitrogens with zero attached hydrogens (tertiary/aromatic N) is 4. The van der Waals surface area contributed by atoms with E-state index in [0.717, 1.165) is 56.7 Å². The first kappa shape index (κ1) is 38.0. The Balaban J connectivity index is 0.00000249. The van der Waals surface area contributed by atoms with Crippen molar-refractivity contribution in [2.75, 3.05) is 38.1 Å². The Bertz CT molecular complexity index is 2330. The molecule has 6 aromatic carbocycles. The standard InChI is InChI=1S/C46H40N4O2.2BrH/c1-47(35-21-25-39(51-3)26-22-35)43-29-31-49(45-11-7-5-9-41(43)45)37-17-13-33(14-18-37)34-15-19-38(20-16-34)50-32-30-44(42-10-6-8-12-46(42)50)48(2)36-23-27-40(52-4)28-24-36;;/h5-32H,1-4H3;2*1H/q+2;;/p-2. The number of hydrogen-bond donors (Lipinski definition) is 0. The summed E-state index contributed by atoms with van der Waals surface area (Å²) in [7, 11) is 7.59. The second kappa shape index (κ2) is 16.5. The van der Waals surface area contributed by atoms with E-state index in [1.165, 1.54) is 21.9 Å². The summed E-state index contributed by atoms with van der Waals surface area (Å²) in [6, 6.07) is 55.4. The second-order valence-electron chi connectivity index (χ2n) is 12.8. The van der Waals surface area contributed by atoms with Gasteiger partial charge in [0, 0.05) is 74.0 Å². The smallest absolute Gasteiger partial charge is 0.220 e. The summed E-state index contributed by atoms with van der Waals surface area (Å²) >= 11 is 0. The Kier molecular flexibility index (Phi) is 11.6. The molecule has 0 saturated heterocycles. The minimum Gasteiger partial charge on any atom is -1.00 e. The number of rotatable bonds is 9. The van der Waals surface area contributed by atoms with Gasteiger partial charge >= 0.3 is 0 Å². The molecule has 2 heterocycles. The third-order valence-electron chi connectivity index (χ3n) is 9.91. The molecule has 0 saturated carbocycles. The van der Waals surface area contributed by atoms with Crippen LogP contribution < -0.4 is 62.4 Å². The monoisotopic (exact) mass is 838 g/mol. The molecule has 0 bridgehead atoms. The number of halogens is 2. The second-order valence-corrected chi connectivity index (χ2v) is 12.8. The lowest BCUT2D eigenvalue weighted by atomic mass is 10.0. The van der Waals surface area contributed by atoms with Crippen molar-refractivity contribution >= 4 is 44.6 Å². The van der Waals surface area contributed by atoms with Gasteiger partial charge in [0.15, 0.2) is 12.4 Å². The number of anilines is 4. The zero-order valence-corrected chi connectivity index (χ0v) is 33.7. The molecule has 0 aliphatic heterocycles. The molecule has 2 aromatic heterocycles. The normalized spacial score (nSPS) is 10.7. The molecule has 8 rings (SSSR count). The highest BCUT2D eigenvalue weighted by Gasteiger charge is 2.20. The van der Waals surface area contributed by atoms with Crippen LogP contribution in [0.15, 0.2) is 170 Å². The largest absolute Gasteiger partial charge is 1.00 e. The number of aromatic nitrogens is 2. The van der Waals surface area contributed by atoms with Crippen molar-refractivity contribution in [2.24, 2.45) is 0 Å². The van der Waals surface area contributed by atoms with E-state index in [2.05, 4.69) is 179 Å². The number of benzene rings is 6. The SMILES string of the molecule is COc1ccc(N(C)c2cc[n+](-c3ccc(-c4ccc(-[n+]5ccc(N(C)c6ccc(OC)cc6)c6ccccc65)cc4)cc3)c3ccccc23)cc1.[Br-].[Br-]. The topological polar surface area (TPSA) is 32.7 Å². The van der Waals surface area contributed by atoms with E-state index < -0.39 is 0 Å². The Hall–Kier alpha value is -5.70. The molecule has 0 N–H and O–H groups in total. The quantitative estimate of drug-likeness (QED) is 0.208. The van der Waals surface area contributed by atoms with Crippen molar-refractivity contribution in [3.8, 4) is 34.0 Å². The number of para-hydroxylation sites is 2. The number of methoxy groups -OCH3 is 2. The summed E-state index contributed by atoms with van der Waals surface area (Å²) in [5.74, 6) is 1.69. The van der Waals surface area contributed by atoms with Crippen molar-refractivity contribution in [1.29, 1.82) is 0 Å². The van der Waals surface area contributed by atoms with Crippen LogP contribution >= 0.6 is 0 Å². The van der Waals surface area contributed by atoms with E-state index in [0.29, 0.717) is 0 Å². The lowest BCUT2D eigenvalue weighted by molar-refractivity contribution is -0.567. The van der Waals surface area contributed by atoms with Crippen LogP contribution in [0.5, 0.6) is 11.5 Å². The van der Waals surface area contributed by atoms with E-state index in [1.807, 2.05) is 24.3 Å². The van der Waals surface area contributed by atoms with Gasteiger partial charge in [-0.2, -0.15) is 9.13 Å². The van der Waals surface area contributed by atoms with Crippen molar-refractivity contribution in [2.45, 2.75) is 0 Å². The highest BCUT2D eigenvalue weighted by molar-refractivity contribution is 5.93. The molecule has 0 unspecified atom stereocenters. The number of pyridine rings is 2. The van der Waals surface area contributed by atoms with Gasteiger partial charge in [-0.1, -0.05) is 24.3 Å². The van der Waals surface area contributed by atoms with Crippen LogP contribution in [-0.2, 0) is 0 Å². The fraction of sp³-hybridized carbons (Fsp3) is 0.0870. The highest BCUT2D eigenvalue weighted by Crippen LogP contribution is 2.33. The zero-order chi connectivity index (χ0) is 35.6. The predicted molar refractivity (Wildman–Crippen MR) is 212 cm³/mol. The van der Waals surface area contributed by atoms with E-state index in [-0.39, 0.29) is 34.0 Å². The van der Waals surface area contributed by atoms with Crippen LogP contribution in [0.3, 0.4) is 0 Å². The Labute approximate surface area is 337 Å². The van der Waals surface area contributed by atoms with Crippen LogP contribution in [0.4, 0.5) is 22.7 Å². The third kappa shape index (κ3) is 7.27. The number of fused-ring (bicyclic) bond motifs is 2. The van der Waals surface area contributed by atoms with Gasteiger partial charge in [0.05, 0.1) is 36.4 Å². The van der Waals surface area contributed by atoms with Gasteiger partial charge in [-0.15, -0.1) is 0 Å². The molecule has 0 spiro atoms. The average molecular weight is 841 g/mol. The zero-order valence-electron chi connectivity index (χ0n) is 30.5. The van der Waals surface area contributed by atoms with Crippen molar-refractivity contribution in [1.82, 2.24) is 0 Å². The minimum absolute atomic E-state index is 0. The third-order valence-corrected chi connectivity index (χ3v) is 9.91. The Morgan fingerprint density at radius 2 is 0.759 bits per heavy atom. The van der Waals surface area contributed by atoms with Gasteiger partial charge < -0.3 is 53.2 Å². The van der Waals surface area contributed by atoms with Crippen molar-refractivity contribution < 1.29 is 52.6 Å². The summed E-state index contributed by atoms with van der Waals surface area (Å²) in [5.41, 5.74) is 11.3. The van der Waals surface area contributed by atoms with Crippen LogP contribution in [-0.4, -0.2) is 28.3 Å². The summed E-state index contributed by atoms with van der Waals surface area (Å²) in [6.07, 6.45) is 4.31. The molecule has 0 radical (unpaired) electrons. The van der Waals surface area contributed by atoms with Gasteiger partial charge in [0.1, 0.15) is 11.5 Å². The predicted octanol–water partition coefficient (Wildman–Crippen LogP) is 3.77. The van der Waals surface area contributed by atoms with E-state index in [1.54, 1.807) is 14.2 Å². The molecule has 8 heteroatoms. The molecule has 270 valence electrons. The summed E-state index contributed by atoms with van der Waals surface area (Å²) < 4.78 is 15.2. The lowest BCUT2D eigenvalue weighted by Gasteiger charge is -2.21.